The van der Waals surface area contributed by atoms with Gasteiger partial charge < -0.3 is 20.1 Å². The van der Waals surface area contributed by atoms with E-state index in [4.69, 9.17) is 4.74 Å². The van der Waals surface area contributed by atoms with Gasteiger partial charge in [0.2, 0.25) is 5.91 Å². The van der Waals surface area contributed by atoms with Gasteiger partial charge in [0.15, 0.2) is 0 Å². The molecule has 3 fully saturated rings. The van der Waals surface area contributed by atoms with Gasteiger partial charge in [-0.1, -0.05) is 32.9 Å². The zero-order valence-electron chi connectivity index (χ0n) is 21.0. The molecule has 196 valence electrons. The van der Waals surface area contributed by atoms with Gasteiger partial charge in [-0.15, -0.1) is 0 Å². The number of halogens is 3. The second-order valence-electron chi connectivity index (χ2n) is 11.3. The number of amides is 1. The zero-order chi connectivity index (χ0) is 25.4. The number of carbonyl (C=O) groups excluding carboxylic acids is 1. The Morgan fingerprint density at radius 2 is 1.80 bits per heavy atom. The fraction of sp³-hybridized carbons (Fsp3) is 0.741. The van der Waals surface area contributed by atoms with Gasteiger partial charge in [0, 0.05) is 31.8 Å². The van der Waals surface area contributed by atoms with Crippen molar-refractivity contribution in [2.45, 2.75) is 83.2 Å². The maximum atomic E-state index is 13.8. The van der Waals surface area contributed by atoms with Gasteiger partial charge >= 0.3 is 6.18 Å². The molecule has 1 aromatic carbocycles. The molecule has 1 aliphatic carbocycles. The third-order valence-corrected chi connectivity index (χ3v) is 8.80. The smallest absolute Gasteiger partial charge is 0.385 e. The molecule has 0 spiro atoms. The standard InChI is InChI=1S/C27H39F3N2O3/c1-18(2)25(10-8-22(16-25)31-23-9-15-35-17-19(23)3)24(33)32-13-11-26(34,12-14-32)20-4-6-21(7-5-20)27(28,29)30/h4-7,18-19,22-23,31,34H,8-17H2,1-3H3/t19?,22-,23?,25+/m1/s1. The molecule has 4 atom stereocenters. The highest BCUT2D eigenvalue weighted by molar-refractivity contribution is 5.83. The normalized spacial score (nSPS) is 31.7. The Kier molecular flexibility index (Phi) is 7.56. The van der Waals surface area contributed by atoms with Gasteiger partial charge in [-0.05, 0) is 68.1 Å². The molecular formula is C27H39F3N2O3. The number of ether oxygens (including phenoxy) is 1. The third kappa shape index (κ3) is 5.39. The molecule has 3 aliphatic rings. The molecule has 2 N–H and O–H groups in total. The molecule has 1 saturated carbocycles. The van der Waals surface area contributed by atoms with E-state index in [0.717, 1.165) is 51.0 Å². The van der Waals surface area contributed by atoms with Gasteiger partial charge in [0.05, 0.1) is 23.2 Å². The van der Waals surface area contributed by atoms with Crippen LogP contribution in [-0.4, -0.2) is 54.3 Å². The zero-order valence-corrected chi connectivity index (χ0v) is 21.0. The highest BCUT2D eigenvalue weighted by atomic mass is 19.4. The Morgan fingerprint density at radius 1 is 1.14 bits per heavy atom. The minimum atomic E-state index is -4.40. The summed E-state index contributed by atoms with van der Waals surface area (Å²) in [7, 11) is 0. The minimum absolute atomic E-state index is 0.159. The van der Waals surface area contributed by atoms with Crippen molar-refractivity contribution in [3.8, 4) is 0 Å². The van der Waals surface area contributed by atoms with Crippen LogP contribution in [-0.2, 0) is 21.3 Å². The average molecular weight is 497 g/mol. The third-order valence-electron chi connectivity index (χ3n) is 8.80. The van der Waals surface area contributed by atoms with Gasteiger partial charge in [0.1, 0.15) is 0 Å². The van der Waals surface area contributed by atoms with E-state index in [1.54, 1.807) is 0 Å². The van der Waals surface area contributed by atoms with Crippen LogP contribution in [0.15, 0.2) is 24.3 Å². The summed E-state index contributed by atoms with van der Waals surface area (Å²) in [5.74, 6) is 0.814. The van der Waals surface area contributed by atoms with Crippen molar-refractivity contribution < 1.29 is 27.8 Å². The van der Waals surface area contributed by atoms with Crippen LogP contribution in [0, 0.1) is 17.3 Å². The van der Waals surface area contributed by atoms with Crippen molar-refractivity contribution in [1.29, 1.82) is 0 Å². The Morgan fingerprint density at radius 3 is 2.37 bits per heavy atom. The number of carbonyl (C=O) groups is 1. The van der Waals surface area contributed by atoms with Crippen molar-refractivity contribution in [2.75, 3.05) is 26.3 Å². The Bertz CT molecular complexity index is 881. The van der Waals surface area contributed by atoms with Crippen molar-refractivity contribution in [3.63, 3.8) is 0 Å². The van der Waals surface area contributed by atoms with Crippen LogP contribution in [0.3, 0.4) is 0 Å². The summed E-state index contributed by atoms with van der Waals surface area (Å²) < 4.78 is 44.3. The van der Waals surface area contributed by atoms with Crippen LogP contribution in [0.2, 0.25) is 0 Å². The van der Waals surface area contributed by atoms with E-state index in [2.05, 4.69) is 26.1 Å². The first-order valence-electron chi connectivity index (χ1n) is 13.0. The van der Waals surface area contributed by atoms with E-state index in [0.29, 0.717) is 49.5 Å². The van der Waals surface area contributed by atoms with Gasteiger partial charge in [-0.3, -0.25) is 4.79 Å². The number of likely N-dealkylation sites (tertiary alicyclic amines) is 1. The predicted octanol–water partition coefficient (Wildman–Crippen LogP) is 4.72. The van der Waals surface area contributed by atoms with Gasteiger partial charge in [-0.25, -0.2) is 0 Å². The Hall–Kier alpha value is -1.64. The molecular weight excluding hydrogens is 457 g/mol. The van der Waals surface area contributed by atoms with Crippen molar-refractivity contribution in [2.24, 2.45) is 17.3 Å². The molecule has 2 unspecified atom stereocenters. The number of nitrogens with one attached hydrogen (secondary N) is 1. The number of nitrogens with zero attached hydrogens (tertiary/aromatic N) is 1. The Labute approximate surface area is 206 Å². The van der Waals surface area contributed by atoms with E-state index in [1.807, 2.05) is 4.90 Å². The lowest BCUT2D eigenvalue weighted by atomic mass is 9.73. The summed E-state index contributed by atoms with van der Waals surface area (Å²) >= 11 is 0. The summed E-state index contributed by atoms with van der Waals surface area (Å²) in [6, 6.07) is 5.48. The van der Waals surface area contributed by atoms with Crippen molar-refractivity contribution in [3.05, 3.63) is 35.4 Å². The molecule has 2 aliphatic heterocycles. The van der Waals surface area contributed by atoms with Crippen LogP contribution in [0.25, 0.3) is 0 Å². The molecule has 2 heterocycles. The average Bonchev–Trinajstić information content (AvgIpc) is 3.25. The first-order chi connectivity index (χ1) is 16.4. The van der Waals surface area contributed by atoms with Crippen LogP contribution in [0.1, 0.15) is 70.4 Å². The molecule has 35 heavy (non-hydrogen) atoms. The molecule has 4 rings (SSSR count). The van der Waals surface area contributed by atoms with Crippen LogP contribution < -0.4 is 5.32 Å². The number of rotatable bonds is 5. The SMILES string of the molecule is CC1COCCC1N[C@@H]1CC[C@@](C(=O)N2CCC(O)(c3ccc(C(F)(F)F)cc3)CC2)(C(C)C)C1. The molecule has 1 aromatic rings. The molecule has 1 amide bonds. The summed E-state index contributed by atoms with van der Waals surface area (Å²) in [4.78, 5) is 15.7. The van der Waals surface area contributed by atoms with Crippen molar-refractivity contribution >= 4 is 5.91 Å². The van der Waals surface area contributed by atoms with E-state index >= 15 is 0 Å². The monoisotopic (exact) mass is 496 g/mol. The second kappa shape index (κ2) is 10.0. The van der Waals surface area contributed by atoms with Crippen LogP contribution in [0.5, 0.6) is 0 Å². The first kappa shape index (κ1) is 26.4. The van der Waals surface area contributed by atoms with Crippen LogP contribution in [0.4, 0.5) is 13.2 Å². The largest absolute Gasteiger partial charge is 0.416 e. The van der Waals surface area contributed by atoms with E-state index in [-0.39, 0.29) is 11.8 Å². The number of hydrogen-bond donors (Lipinski definition) is 2. The van der Waals surface area contributed by atoms with E-state index < -0.39 is 22.8 Å². The summed E-state index contributed by atoms with van der Waals surface area (Å²) in [6.45, 7) is 8.81. The molecule has 0 aromatic heterocycles. The fourth-order valence-electron chi connectivity index (χ4n) is 6.27. The van der Waals surface area contributed by atoms with E-state index in [9.17, 15) is 23.1 Å². The lowest BCUT2D eigenvalue weighted by molar-refractivity contribution is -0.149. The summed E-state index contributed by atoms with van der Waals surface area (Å²) in [5, 5.41) is 15.0. The maximum Gasteiger partial charge on any atom is 0.416 e. The highest BCUT2D eigenvalue weighted by Crippen LogP contribution is 2.47. The van der Waals surface area contributed by atoms with Gasteiger partial charge in [-0.2, -0.15) is 13.2 Å². The lowest BCUT2D eigenvalue weighted by Crippen LogP contribution is -2.52. The molecule has 0 radical (unpaired) electrons. The topological polar surface area (TPSA) is 61.8 Å². The number of aliphatic hydroxyl groups is 1. The second-order valence-corrected chi connectivity index (χ2v) is 11.3. The number of hydrogen-bond acceptors (Lipinski definition) is 4. The lowest BCUT2D eigenvalue weighted by Gasteiger charge is -2.43. The molecule has 0 bridgehead atoms. The summed E-state index contributed by atoms with van der Waals surface area (Å²) in [5.41, 5.74) is -1.89. The molecule has 2 saturated heterocycles. The quantitative estimate of drug-likeness (QED) is 0.619. The first-order valence-corrected chi connectivity index (χ1v) is 13.0. The van der Waals surface area contributed by atoms with E-state index in [1.165, 1.54) is 12.1 Å². The van der Waals surface area contributed by atoms with Gasteiger partial charge in [0.25, 0.3) is 0 Å². The van der Waals surface area contributed by atoms with Crippen molar-refractivity contribution in [1.82, 2.24) is 10.2 Å². The highest BCUT2D eigenvalue weighted by Gasteiger charge is 2.50. The Balaban J connectivity index is 1.39. The predicted molar refractivity (Wildman–Crippen MR) is 128 cm³/mol. The minimum Gasteiger partial charge on any atom is -0.385 e. The maximum absolute atomic E-state index is 13.8. The number of alkyl halides is 3. The fourth-order valence-corrected chi connectivity index (χ4v) is 6.27. The number of piperidine rings is 1. The van der Waals surface area contributed by atoms with Crippen LogP contribution >= 0.6 is 0 Å². The number of benzene rings is 1. The summed E-state index contributed by atoms with van der Waals surface area (Å²) in [6.07, 6.45) is -0.143. The molecule has 5 nitrogen and oxygen atoms in total. The molecule has 8 heteroatoms.